The molecule has 5 rings (SSSR count). The number of rotatable bonds is 5. The average Bonchev–Trinajstić information content (AvgIpc) is 3.44. The lowest BCUT2D eigenvalue weighted by molar-refractivity contribution is -0.117. The number of nitrogens with zero attached hydrogens (tertiary/aromatic N) is 2. The maximum absolute atomic E-state index is 11.4. The van der Waals surface area contributed by atoms with Crippen LogP contribution in [0.15, 0.2) is 53.5 Å². The highest BCUT2D eigenvalue weighted by atomic mass is 35.5. The van der Waals surface area contributed by atoms with Gasteiger partial charge in [0.25, 0.3) is 0 Å². The lowest BCUT2D eigenvalue weighted by Crippen LogP contribution is -2.25. The van der Waals surface area contributed by atoms with Crippen molar-refractivity contribution in [3.63, 3.8) is 0 Å². The molecule has 3 heterocycles. The Labute approximate surface area is 186 Å². The van der Waals surface area contributed by atoms with Crippen molar-refractivity contribution in [3.8, 4) is 15.6 Å². The van der Waals surface area contributed by atoms with Gasteiger partial charge in [-0.1, -0.05) is 29.8 Å². The van der Waals surface area contributed by atoms with Gasteiger partial charge in [0.15, 0.2) is 0 Å². The van der Waals surface area contributed by atoms with Gasteiger partial charge >= 0.3 is 0 Å². The van der Waals surface area contributed by atoms with E-state index in [0.717, 1.165) is 15.6 Å². The Morgan fingerprint density at radius 3 is 2.80 bits per heavy atom. The first-order chi connectivity index (χ1) is 14.6. The van der Waals surface area contributed by atoms with Crippen LogP contribution in [-0.2, 0) is 11.4 Å². The summed E-state index contributed by atoms with van der Waals surface area (Å²) in [5.74, 6) is 1.03. The second kappa shape index (κ2) is 7.83. The first kappa shape index (κ1) is 19.2. The minimum Gasteiger partial charge on any atom is -0.488 e. The third-order valence-electron chi connectivity index (χ3n) is 4.73. The van der Waals surface area contributed by atoms with Gasteiger partial charge in [-0.3, -0.25) is 9.79 Å². The molecule has 1 aliphatic heterocycles. The molecule has 4 aromatic rings. The third-order valence-corrected chi connectivity index (χ3v) is 7.46. The number of carbonyl (C=O) groups excluding carboxylic acids is 1. The van der Waals surface area contributed by atoms with Gasteiger partial charge in [0.1, 0.15) is 29.7 Å². The number of thiazole rings is 1. The predicted molar refractivity (Wildman–Crippen MR) is 123 cm³/mol. The van der Waals surface area contributed by atoms with E-state index in [2.05, 4.69) is 40.6 Å². The zero-order chi connectivity index (χ0) is 20.7. The Morgan fingerprint density at radius 2 is 2.03 bits per heavy atom. The van der Waals surface area contributed by atoms with Crippen molar-refractivity contribution in [2.45, 2.75) is 13.5 Å². The van der Waals surface area contributed by atoms with Gasteiger partial charge in [0.2, 0.25) is 5.91 Å². The number of benzene rings is 2. The first-order valence-electron chi connectivity index (χ1n) is 9.29. The van der Waals surface area contributed by atoms with Crippen molar-refractivity contribution < 1.29 is 9.53 Å². The Bertz CT molecular complexity index is 1280. The molecule has 2 aromatic heterocycles. The van der Waals surface area contributed by atoms with Crippen LogP contribution in [0.1, 0.15) is 16.1 Å². The predicted octanol–water partition coefficient (Wildman–Crippen LogP) is 5.44. The molecule has 150 valence electrons. The summed E-state index contributed by atoms with van der Waals surface area (Å²) in [6, 6.07) is 15.9. The number of ether oxygens (including phenoxy) is 1. The minimum atomic E-state index is -0.128. The second-order valence-corrected chi connectivity index (χ2v) is 9.39. The van der Waals surface area contributed by atoms with Crippen molar-refractivity contribution in [1.82, 2.24) is 10.3 Å². The molecule has 5 nitrogen and oxygen atoms in total. The van der Waals surface area contributed by atoms with E-state index < -0.39 is 0 Å². The topological polar surface area (TPSA) is 63.6 Å². The molecule has 0 radical (unpaired) electrons. The lowest BCUT2D eigenvalue weighted by Gasteiger charge is -2.09. The molecular formula is C22H16ClN3O2S2. The van der Waals surface area contributed by atoms with Crippen molar-refractivity contribution >= 4 is 56.1 Å². The maximum atomic E-state index is 11.4. The molecule has 0 saturated heterocycles. The zero-order valence-corrected chi connectivity index (χ0v) is 18.3. The van der Waals surface area contributed by atoms with Crippen molar-refractivity contribution in [1.29, 1.82) is 0 Å². The summed E-state index contributed by atoms with van der Waals surface area (Å²) in [6.45, 7) is 2.56. The lowest BCUT2D eigenvalue weighted by atomic mass is 10.2. The molecule has 0 spiro atoms. The van der Waals surface area contributed by atoms with Crippen molar-refractivity contribution in [2.24, 2.45) is 4.99 Å². The SMILES string of the molecule is Cc1nc(-c2cc3ccccc3s2)sc1COc1ccc(C2=NCC(=O)N2)c(Cl)c1. The van der Waals surface area contributed by atoms with E-state index in [9.17, 15) is 4.79 Å². The number of nitrogens with one attached hydrogen (secondary N) is 1. The summed E-state index contributed by atoms with van der Waals surface area (Å²) in [4.78, 5) is 22.5. The van der Waals surface area contributed by atoms with Gasteiger partial charge in [-0.25, -0.2) is 4.98 Å². The number of amidine groups is 1. The van der Waals surface area contributed by atoms with Crippen molar-refractivity contribution in [2.75, 3.05) is 6.54 Å². The summed E-state index contributed by atoms with van der Waals surface area (Å²) < 4.78 is 7.22. The van der Waals surface area contributed by atoms with Crippen LogP contribution >= 0.6 is 34.3 Å². The standard InChI is InChI=1S/C22H16ClN3O2S2/c1-12-19(30-22(25-12)18-8-13-4-2-3-5-17(13)29-18)11-28-14-6-7-15(16(23)9-14)21-24-10-20(27)26-21/h2-9H,10-11H2,1H3,(H,24,26,27). The highest BCUT2D eigenvalue weighted by Gasteiger charge is 2.18. The molecule has 0 bridgehead atoms. The fraction of sp³-hybridized carbons (Fsp3) is 0.136. The zero-order valence-electron chi connectivity index (χ0n) is 15.9. The van der Waals surface area contributed by atoms with E-state index in [1.807, 2.05) is 19.1 Å². The molecule has 1 amide bonds. The van der Waals surface area contributed by atoms with E-state index >= 15 is 0 Å². The molecule has 1 N–H and O–H groups in total. The van der Waals surface area contributed by atoms with Crippen LogP contribution in [0.4, 0.5) is 0 Å². The van der Waals surface area contributed by atoms with Gasteiger partial charge in [-0.05, 0) is 42.6 Å². The fourth-order valence-electron chi connectivity index (χ4n) is 3.20. The number of thiophene rings is 1. The van der Waals surface area contributed by atoms with Crippen LogP contribution in [0.5, 0.6) is 5.75 Å². The summed E-state index contributed by atoms with van der Waals surface area (Å²) in [7, 11) is 0. The summed E-state index contributed by atoms with van der Waals surface area (Å²) in [6.07, 6.45) is 0. The summed E-state index contributed by atoms with van der Waals surface area (Å²) in [5, 5.41) is 5.44. The van der Waals surface area contributed by atoms with Gasteiger partial charge in [-0.15, -0.1) is 22.7 Å². The maximum Gasteiger partial charge on any atom is 0.247 e. The normalized spacial score (nSPS) is 13.5. The molecule has 0 fully saturated rings. The van der Waals surface area contributed by atoms with Crippen LogP contribution in [0.25, 0.3) is 20.0 Å². The number of hydrogen-bond donors (Lipinski definition) is 1. The third kappa shape index (κ3) is 3.71. The number of aryl methyl sites for hydroxylation is 1. The van der Waals surface area contributed by atoms with Crippen LogP contribution in [0.2, 0.25) is 5.02 Å². The fourth-order valence-corrected chi connectivity index (χ4v) is 5.54. The molecule has 0 saturated carbocycles. The van der Waals surface area contributed by atoms with Crippen LogP contribution < -0.4 is 10.1 Å². The molecule has 8 heteroatoms. The van der Waals surface area contributed by atoms with E-state index in [1.54, 1.807) is 28.7 Å². The number of halogens is 1. The largest absolute Gasteiger partial charge is 0.488 e. The van der Waals surface area contributed by atoms with Gasteiger partial charge in [-0.2, -0.15) is 0 Å². The van der Waals surface area contributed by atoms with Crippen LogP contribution in [-0.4, -0.2) is 23.3 Å². The van der Waals surface area contributed by atoms with Crippen molar-refractivity contribution in [3.05, 3.63) is 69.7 Å². The van der Waals surface area contributed by atoms with E-state index in [0.29, 0.717) is 28.8 Å². The second-order valence-electron chi connectivity index (χ2n) is 6.82. The highest BCUT2D eigenvalue weighted by molar-refractivity contribution is 7.25. The molecular weight excluding hydrogens is 438 g/mol. The Kier molecular flexibility index (Phi) is 5.02. The summed E-state index contributed by atoms with van der Waals surface area (Å²) in [5.41, 5.74) is 1.66. The minimum absolute atomic E-state index is 0.128. The Morgan fingerprint density at radius 1 is 1.17 bits per heavy atom. The number of amides is 1. The average molecular weight is 454 g/mol. The molecule has 2 aromatic carbocycles. The number of aliphatic imine (C=N–C) groups is 1. The van der Waals surface area contributed by atoms with Gasteiger partial charge in [0.05, 0.1) is 20.5 Å². The number of fused-ring (bicyclic) bond motifs is 1. The molecule has 30 heavy (non-hydrogen) atoms. The Hall–Kier alpha value is -2.74. The molecule has 1 aliphatic rings. The van der Waals surface area contributed by atoms with Crippen LogP contribution in [0, 0.1) is 6.92 Å². The molecule has 0 atom stereocenters. The van der Waals surface area contributed by atoms with E-state index in [4.69, 9.17) is 21.3 Å². The Balaban J connectivity index is 1.32. The first-order valence-corrected chi connectivity index (χ1v) is 11.3. The highest BCUT2D eigenvalue weighted by Crippen LogP contribution is 2.37. The smallest absolute Gasteiger partial charge is 0.247 e. The molecule has 0 unspecified atom stereocenters. The number of aromatic nitrogens is 1. The van der Waals surface area contributed by atoms with E-state index in [-0.39, 0.29) is 12.5 Å². The number of hydrogen-bond acceptors (Lipinski definition) is 6. The number of carbonyl (C=O) groups is 1. The van der Waals surface area contributed by atoms with Gasteiger partial charge < -0.3 is 10.1 Å². The summed E-state index contributed by atoms with van der Waals surface area (Å²) >= 11 is 9.77. The monoisotopic (exact) mass is 453 g/mol. The molecule has 0 aliphatic carbocycles. The van der Waals surface area contributed by atoms with Crippen LogP contribution in [0.3, 0.4) is 0 Å². The van der Waals surface area contributed by atoms with Gasteiger partial charge in [0, 0.05) is 10.3 Å². The van der Waals surface area contributed by atoms with E-state index in [1.165, 1.54) is 15.0 Å². The quantitative estimate of drug-likeness (QED) is 0.437.